The summed E-state index contributed by atoms with van der Waals surface area (Å²) in [7, 11) is 1.71. The Hall–Kier alpha value is -2.63. The van der Waals surface area contributed by atoms with E-state index in [1.165, 1.54) is 43.5 Å². The third kappa shape index (κ3) is 5.17. The number of hydrogen-bond donors (Lipinski definition) is 2. The van der Waals surface area contributed by atoms with E-state index in [9.17, 15) is 4.79 Å². The summed E-state index contributed by atoms with van der Waals surface area (Å²) in [6.07, 6.45) is 4.87. The normalized spacial score (nSPS) is 15.8. The van der Waals surface area contributed by atoms with Crippen molar-refractivity contribution in [2.45, 2.75) is 45.2 Å². The molecule has 1 aliphatic heterocycles. The lowest BCUT2D eigenvalue weighted by atomic mass is 10.0. The molecule has 0 saturated carbocycles. The first kappa shape index (κ1) is 21.6. The molecule has 2 heterocycles. The van der Waals surface area contributed by atoms with Crippen LogP contribution in [-0.2, 0) is 13.0 Å². The molecule has 1 saturated heterocycles. The summed E-state index contributed by atoms with van der Waals surface area (Å²) in [4.78, 5) is 13.8. The SMILES string of the molecule is CCc1ccc2c(C[NH2+]C[C@H](c3ccc(OC)cc3)[NH+]3CCCCC3)cc(=O)oc2c1. The van der Waals surface area contributed by atoms with Crippen LogP contribution in [0.1, 0.15) is 48.9 Å². The van der Waals surface area contributed by atoms with Gasteiger partial charge in [0, 0.05) is 22.6 Å². The van der Waals surface area contributed by atoms with Crippen molar-refractivity contribution in [2.75, 3.05) is 26.7 Å². The Kier molecular flexibility index (Phi) is 7.05. The van der Waals surface area contributed by atoms with Crippen LogP contribution < -0.4 is 20.6 Å². The number of aryl methyl sites for hydroxylation is 1. The fourth-order valence-corrected chi connectivity index (χ4v) is 4.80. The van der Waals surface area contributed by atoms with E-state index in [1.807, 2.05) is 6.07 Å². The van der Waals surface area contributed by atoms with Crippen LogP contribution in [0.5, 0.6) is 5.75 Å². The Morgan fingerprint density at radius 2 is 1.84 bits per heavy atom. The van der Waals surface area contributed by atoms with Crippen LogP contribution in [0.15, 0.2) is 57.7 Å². The molecule has 5 heteroatoms. The molecule has 0 radical (unpaired) electrons. The van der Waals surface area contributed by atoms with Gasteiger partial charge in [-0.2, -0.15) is 0 Å². The molecule has 1 atom stereocenters. The van der Waals surface area contributed by atoms with Crippen LogP contribution >= 0.6 is 0 Å². The molecule has 0 amide bonds. The molecule has 0 bridgehead atoms. The summed E-state index contributed by atoms with van der Waals surface area (Å²) < 4.78 is 10.8. The third-order valence-electron chi connectivity index (χ3n) is 6.58. The lowest BCUT2D eigenvalue weighted by Gasteiger charge is -2.31. The molecule has 5 nitrogen and oxygen atoms in total. The van der Waals surface area contributed by atoms with E-state index >= 15 is 0 Å². The molecule has 3 N–H and O–H groups in total. The minimum atomic E-state index is -0.266. The van der Waals surface area contributed by atoms with Gasteiger partial charge in [-0.1, -0.05) is 19.1 Å². The largest absolute Gasteiger partial charge is 0.497 e. The number of piperidine rings is 1. The maximum Gasteiger partial charge on any atom is 0.336 e. The lowest BCUT2D eigenvalue weighted by molar-refractivity contribution is -0.950. The van der Waals surface area contributed by atoms with Crippen molar-refractivity contribution in [3.63, 3.8) is 0 Å². The first-order valence-electron chi connectivity index (χ1n) is 11.5. The van der Waals surface area contributed by atoms with Gasteiger partial charge in [0.15, 0.2) is 6.04 Å². The Balaban J connectivity index is 1.52. The zero-order valence-electron chi connectivity index (χ0n) is 18.7. The van der Waals surface area contributed by atoms with E-state index in [-0.39, 0.29) is 5.63 Å². The Bertz CT molecular complexity index is 1050. The molecular formula is C26H34N2O3+2. The highest BCUT2D eigenvalue weighted by Gasteiger charge is 2.27. The van der Waals surface area contributed by atoms with E-state index in [0.29, 0.717) is 11.6 Å². The van der Waals surface area contributed by atoms with E-state index in [4.69, 9.17) is 9.15 Å². The number of hydrogen-bond acceptors (Lipinski definition) is 3. The van der Waals surface area contributed by atoms with E-state index in [1.54, 1.807) is 18.1 Å². The van der Waals surface area contributed by atoms with Crippen LogP contribution in [-0.4, -0.2) is 26.7 Å². The number of ether oxygens (including phenoxy) is 1. The summed E-state index contributed by atoms with van der Waals surface area (Å²) in [5, 5.41) is 3.39. The Morgan fingerprint density at radius 1 is 1.06 bits per heavy atom. The van der Waals surface area contributed by atoms with Gasteiger partial charge in [0.1, 0.15) is 24.4 Å². The molecule has 3 aromatic rings. The Morgan fingerprint density at radius 3 is 2.55 bits per heavy atom. The van der Waals surface area contributed by atoms with Gasteiger partial charge in [-0.05, 0) is 61.6 Å². The van der Waals surface area contributed by atoms with Crippen LogP contribution in [0.3, 0.4) is 0 Å². The second kappa shape index (κ2) is 10.1. The van der Waals surface area contributed by atoms with Crippen molar-refractivity contribution < 1.29 is 19.4 Å². The quantitative estimate of drug-likeness (QED) is 0.548. The zero-order chi connectivity index (χ0) is 21.6. The molecule has 0 aliphatic carbocycles. The van der Waals surface area contributed by atoms with Crippen molar-refractivity contribution in [3.05, 3.63) is 75.6 Å². The molecule has 0 unspecified atom stereocenters. The minimum absolute atomic E-state index is 0.266. The number of nitrogens with one attached hydrogen (secondary N) is 1. The number of quaternary nitrogens is 2. The second-order valence-corrected chi connectivity index (χ2v) is 8.55. The van der Waals surface area contributed by atoms with Crippen LogP contribution in [0.4, 0.5) is 0 Å². The summed E-state index contributed by atoms with van der Waals surface area (Å²) in [5.74, 6) is 0.897. The van der Waals surface area contributed by atoms with Crippen molar-refractivity contribution in [1.29, 1.82) is 0 Å². The van der Waals surface area contributed by atoms with Crippen LogP contribution in [0, 0.1) is 0 Å². The molecular weight excluding hydrogens is 388 g/mol. The van der Waals surface area contributed by atoms with Gasteiger partial charge < -0.3 is 19.4 Å². The van der Waals surface area contributed by atoms with Gasteiger partial charge >= 0.3 is 5.63 Å². The predicted octanol–water partition coefficient (Wildman–Crippen LogP) is 2.24. The fourth-order valence-electron chi connectivity index (χ4n) is 4.80. The highest BCUT2D eigenvalue weighted by atomic mass is 16.5. The van der Waals surface area contributed by atoms with E-state index in [0.717, 1.165) is 36.2 Å². The maximum absolute atomic E-state index is 12.1. The standard InChI is InChI=1S/C26H32N2O3/c1-3-19-7-12-23-21(16-26(29)31-25(23)15-19)17-27-18-24(28-13-5-4-6-14-28)20-8-10-22(30-2)11-9-20/h7-12,15-16,24,27H,3-6,13-14,17-18H2,1-2H3/p+2/t24-/m1/s1. The summed E-state index contributed by atoms with van der Waals surface area (Å²) in [6.45, 7) is 6.31. The summed E-state index contributed by atoms with van der Waals surface area (Å²) >= 11 is 0. The number of benzene rings is 2. The summed E-state index contributed by atoms with van der Waals surface area (Å²) in [5.41, 5.74) is 4.03. The van der Waals surface area contributed by atoms with Crippen molar-refractivity contribution >= 4 is 11.0 Å². The molecule has 164 valence electrons. The molecule has 0 spiro atoms. The fraction of sp³-hybridized carbons (Fsp3) is 0.423. The Labute approximate surface area is 184 Å². The smallest absolute Gasteiger partial charge is 0.336 e. The van der Waals surface area contributed by atoms with Gasteiger partial charge in [0.2, 0.25) is 0 Å². The molecule has 2 aromatic carbocycles. The third-order valence-corrected chi connectivity index (χ3v) is 6.58. The number of methoxy groups -OCH3 is 1. The first-order valence-corrected chi connectivity index (χ1v) is 11.5. The number of fused-ring (bicyclic) bond motifs is 1. The zero-order valence-corrected chi connectivity index (χ0v) is 18.7. The van der Waals surface area contributed by atoms with Crippen LogP contribution in [0.2, 0.25) is 0 Å². The number of rotatable bonds is 8. The van der Waals surface area contributed by atoms with Gasteiger partial charge in [-0.15, -0.1) is 0 Å². The van der Waals surface area contributed by atoms with E-state index < -0.39 is 0 Å². The van der Waals surface area contributed by atoms with Crippen molar-refractivity contribution in [2.24, 2.45) is 0 Å². The maximum atomic E-state index is 12.1. The molecule has 4 rings (SSSR count). The molecule has 1 aliphatic rings. The average molecular weight is 423 g/mol. The monoisotopic (exact) mass is 422 g/mol. The summed E-state index contributed by atoms with van der Waals surface area (Å²) in [6, 6.07) is 16.8. The van der Waals surface area contributed by atoms with Gasteiger partial charge in [0.25, 0.3) is 0 Å². The van der Waals surface area contributed by atoms with Gasteiger partial charge in [0.05, 0.1) is 20.2 Å². The van der Waals surface area contributed by atoms with Crippen LogP contribution in [0.25, 0.3) is 11.0 Å². The molecule has 31 heavy (non-hydrogen) atoms. The lowest BCUT2D eigenvalue weighted by Crippen LogP contribution is -3.15. The predicted molar refractivity (Wildman–Crippen MR) is 123 cm³/mol. The molecule has 1 aromatic heterocycles. The number of nitrogens with two attached hydrogens (primary N) is 1. The van der Waals surface area contributed by atoms with Crippen molar-refractivity contribution in [3.8, 4) is 5.75 Å². The average Bonchev–Trinajstić information content (AvgIpc) is 2.82. The van der Waals surface area contributed by atoms with E-state index in [2.05, 4.69) is 48.6 Å². The molecule has 1 fully saturated rings. The minimum Gasteiger partial charge on any atom is -0.497 e. The van der Waals surface area contributed by atoms with Gasteiger partial charge in [-0.25, -0.2) is 4.79 Å². The highest BCUT2D eigenvalue weighted by molar-refractivity contribution is 5.80. The number of likely N-dealkylation sites (tertiary alicyclic amines) is 1. The highest BCUT2D eigenvalue weighted by Crippen LogP contribution is 2.19. The second-order valence-electron chi connectivity index (χ2n) is 8.55. The first-order chi connectivity index (χ1) is 15.2. The van der Waals surface area contributed by atoms with Gasteiger partial charge in [-0.3, -0.25) is 0 Å². The van der Waals surface area contributed by atoms with Crippen molar-refractivity contribution in [1.82, 2.24) is 0 Å². The topological polar surface area (TPSA) is 60.5 Å².